The van der Waals surface area contributed by atoms with Gasteiger partial charge >= 0.3 is 0 Å². The van der Waals surface area contributed by atoms with Crippen molar-refractivity contribution in [2.24, 2.45) is 0 Å². The van der Waals surface area contributed by atoms with E-state index in [-0.39, 0.29) is 10.8 Å². The number of carbonyl (C=O) groups is 1. The van der Waals surface area contributed by atoms with Crippen LogP contribution in [0.3, 0.4) is 0 Å². The molecule has 7 nitrogen and oxygen atoms in total. The zero-order valence-corrected chi connectivity index (χ0v) is 18.8. The lowest BCUT2D eigenvalue weighted by molar-refractivity contribution is -0.121. The Balaban J connectivity index is 1.82. The molecule has 1 aliphatic rings. The highest BCUT2D eigenvalue weighted by Crippen LogP contribution is 2.25. The minimum absolute atomic E-state index is 0.0243. The van der Waals surface area contributed by atoms with Crippen molar-refractivity contribution in [3.05, 3.63) is 23.8 Å². The quantitative estimate of drug-likeness (QED) is 0.582. The lowest BCUT2D eigenvalue weighted by Gasteiger charge is -2.19. The summed E-state index contributed by atoms with van der Waals surface area (Å²) < 4.78 is 31.2. The van der Waals surface area contributed by atoms with E-state index in [9.17, 15) is 13.2 Å². The highest BCUT2D eigenvalue weighted by atomic mass is 32.2. The number of rotatable bonds is 10. The van der Waals surface area contributed by atoms with Crippen LogP contribution in [0.1, 0.15) is 44.1 Å². The molecule has 1 aliphatic heterocycles. The third-order valence-electron chi connectivity index (χ3n) is 5.32. The number of hydrogen-bond acceptors (Lipinski definition) is 5. The van der Waals surface area contributed by atoms with Crippen molar-refractivity contribution in [2.45, 2.75) is 49.8 Å². The van der Waals surface area contributed by atoms with Gasteiger partial charge in [0, 0.05) is 27.1 Å². The summed E-state index contributed by atoms with van der Waals surface area (Å²) in [5.41, 5.74) is 0.718. The molecule has 1 N–H and O–H groups in total. The van der Waals surface area contributed by atoms with Gasteiger partial charge in [0.15, 0.2) is 0 Å². The van der Waals surface area contributed by atoms with E-state index in [4.69, 9.17) is 4.74 Å². The third kappa shape index (κ3) is 7.28. The van der Waals surface area contributed by atoms with Crippen LogP contribution in [0.25, 0.3) is 0 Å². The maximum absolute atomic E-state index is 12.4. The minimum atomic E-state index is -3.52. The summed E-state index contributed by atoms with van der Waals surface area (Å²) in [6.45, 7) is 4.03. The van der Waals surface area contributed by atoms with Crippen molar-refractivity contribution in [2.75, 3.05) is 47.4 Å². The van der Waals surface area contributed by atoms with Crippen LogP contribution in [-0.2, 0) is 21.2 Å². The third-order valence-corrected chi connectivity index (χ3v) is 7.13. The molecule has 1 heterocycles. The molecule has 0 unspecified atom stereocenters. The Labute approximate surface area is 175 Å². The van der Waals surface area contributed by atoms with Crippen LogP contribution < -0.4 is 10.1 Å². The summed E-state index contributed by atoms with van der Waals surface area (Å²) in [4.78, 5) is 14.9. The second-order valence-corrected chi connectivity index (χ2v) is 9.87. The zero-order valence-electron chi connectivity index (χ0n) is 17.9. The summed E-state index contributed by atoms with van der Waals surface area (Å²) in [6, 6.07) is 4.77. The minimum Gasteiger partial charge on any atom is -0.496 e. The Bertz CT molecular complexity index is 757. The maximum atomic E-state index is 12.4. The van der Waals surface area contributed by atoms with Crippen LogP contribution >= 0.6 is 0 Å². The summed E-state index contributed by atoms with van der Waals surface area (Å²) >= 11 is 0. The molecule has 1 saturated heterocycles. The topological polar surface area (TPSA) is 79.0 Å². The fourth-order valence-corrected chi connectivity index (χ4v) is 4.50. The molecule has 0 aromatic heterocycles. The second-order valence-electron chi connectivity index (χ2n) is 7.72. The highest BCUT2D eigenvalue weighted by Gasteiger charge is 2.19. The molecule has 1 aromatic carbocycles. The molecule has 0 aliphatic carbocycles. The normalized spacial score (nSPS) is 15.9. The Morgan fingerprint density at radius 2 is 1.86 bits per heavy atom. The summed E-state index contributed by atoms with van der Waals surface area (Å²) in [5, 5.41) is 2.98. The molecule has 29 heavy (non-hydrogen) atoms. The van der Waals surface area contributed by atoms with E-state index in [1.165, 1.54) is 63.2 Å². The van der Waals surface area contributed by atoms with Crippen LogP contribution in [0.5, 0.6) is 5.75 Å². The van der Waals surface area contributed by atoms with Gasteiger partial charge < -0.3 is 15.0 Å². The van der Waals surface area contributed by atoms with E-state index in [2.05, 4.69) is 10.2 Å². The molecule has 0 bridgehead atoms. The van der Waals surface area contributed by atoms with Gasteiger partial charge in [-0.1, -0.05) is 12.8 Å². The number of carbonyl (C=O) groups excluding carboxylic acids is 1. The van der Waals surface area contributed by atoms with Gasteiger partial charge in [0.05, 0.1) is 12.0 Å². The molecular formula is C21H35N3O4S. The molecule has 0 spiro atoms. The number of methoxy groups -OCH3 is 1. The first-order valence-corrected chi connectivity index (χ1v) is 11.9. The number of amides is 1. The molecule has 0 atom stereocenters. The molecule has 1 amide bonds. The van der Waals surface area contributed by atoms with Crippen LogP contribution in [0.15, 0.2) is 23.1 Å². The monoisotopic (exact) mass is 425 g/mol. The lowest BCUT2D eigenvalue weighted by Crippen LogP contribution is -2.30. The van der Waals surface area contributed by atoms with Crippen molar-refractivity contribution < 1.29 is 17.9 Å². The lowest BCUT2D eigenvalue weighted by atomic mass is 10.1. The van der Waals surface area contributed by atoms with E-state index in [1.807, 2.05) is 0 Å². The van der Waals surface area contributed by atoms with E-state index in [0.717, 1.165) is 18.5 Å². The highest BCUT2D eigenvalue weighted by molar-refractivity contribution is 7.89. The van der Waals surface area contributed by atoms with Gasteiger partial charge in [-0.05, 0) is 69.1 Å². The summed E-state index contributed by atoms with van der Waals surface area (Å²) in [5.74, 6) is 0.570. The van der Waals surface area contributed by atoms with Crippen LogP contribution in [0, 0.1) is 0 Å². The fourth-order valence-electron chi connectivity index (χ4n) is 3.55. The molecule has 0 radical (unpaired) electrons. The van der Waals surface area contributed by atoms with Gasteiger partial charge in [-0.2, -0.15) is 0 Å². The van der Waals surface area contributed by atoms with Gasteiger partial charge in [-0.15, -0.1) is 0 Å². The van der Waals surface area contributed by atoms with Crippen molar-refractivity contribution >= 4 is 15.9 Å². The average Bonchev–Trinajstić information content (AvgIpc) is 2.98. The maximum Gasteiger partial charge on any atom is 0.242 e. The van der Waals surface area contributed by atoms with Crippen molar-refractivity contribution in [3.63, 3.8) is 0 Å². The SMILES string of the molecule is COc1ccc(S(=O)(=O)N(C)C)cc1CCC(=O)NCCCN1CCCCCC1. The largest absolute Gasteiger partial charge is 0.496 e. The predicted molar refractivity (Wildman–Crippen MR) is 115 cm³/mol. The van der Waals surface area contributed by atoms with E-state index < -0.39 is 10.0 Å². The number of likely N-dealkylation sites (tertiary alicyclic amines) is 1. The number of hydrogen-bond donors (Lipinski definition) is 1. The molecule has 8 heteroatoms. The molecule has 164 valence electrons. The van der Waals surface area contributed by atoms with E-state index >= 15 is 0 Å². The Kier molecular flexibility index (Phi) is 9.39. The van der Waals surface area contributed by atoms with Gasteiger partial charge in [0.2, 0.25) is 15.9 Å². The Morgan fingerprint density at radius 1 is 1.17 bits per heavy atom. The van der Waals surface area contributed by atoms with Crippen molar-refractivity contribution in [1.29, 1.82) is 0 Å². The number of nitrogens with one attached hydrogen (secondary N) is 1. The van der Waals surface area contributed by atoms with Gasteiger partial charge in [-0.3, -0.25) is 4.79 Å². The summed E-state index contributed by atoms with van der Waals surface area (Å²) in [7, 11) is 1.02. The predicted octanol–water partition coefficient (Wildman–Crippen LogP) is 2.26. The first-order valence-electron chi connectivity index (χ1n) is 10.4. The first kappa shape index (κ1) is 23.6. The number of ether oxygens (including phenoxy) is 1. The molecule has 1 fully saturated rings. The van der Waals surface area contributed by atoms with E-state index in [1.54, 1.807) is 19.2 Å². The van der Waals surface area contributed by atoms with Crippen LogP contribution in [-0.4, -0.2) is 70.9 Å². The zero-order chi connectivity index (χ0) is 21.3. The molecule has 1 aromatic rings. The van der Waals surface area contributed by atoms with Crippen molar-refractivity contribution in [1.82, 2.24) is 14.5 Å². The van der Waals surface area contributed by atoms with Crippen LogP contribution in [0.4, 0.5) is 0 Å². The van der Waals surface area contributed by atoms with Gasteiger partial charge in [-0.25, -0.2) is 12.7 Å². The van der Waals surface area contributed by atoms with Gasteiger partial charge in [0.25, 0.3) is 0 Å². The van der Waals surface area contributed by atoms with E-state index in [0.29, 0.717) is 25.1 Å². The average molecular weight is 426 g/mol. The standard InChI is InChI=1S/C21H35N3O4S/c1-23(2)29(26,27)19-10-11-20(28-3)18(17-19)9-12-21(25)22-13-8-16-24-14-6-4-5-7-15-24/h10-11,17H,4-9,12-16H2,1-3H3,(H,22,25). The number of nitrogens with zero attached hydrogens (tertiary/aromatic N) is 2. The van der Waals surface area contributed by atoms with Crippen molar-refractivity contribution in [3.8, 4) is 5.75 Å². The second kappa shape index (κ2) is 11.5. The number of sulfonamides is 1. The Hall–Kier alpha value is -1.64. The number of aryl methyl sites for hydroxylation is 1. The van der Waals surface area contributed by atoms with Crippen LogP contribution in [0.2, 0.25) is 0 Å². The smallest absolute Gasteiger partial charge is 0.242 e. The summed E-state index contributed by atoms with van der Waals surface area (Å²) in [6.07, 6.45) is 6.88. The molecular weight excluding hydrogens is 390 g/mol. The molecule has 0 saturated carbocycles. The molecule has 2 rings (SSSR count). The fraction of sp³-hybridized carbons (Fsp3) is 0.667. The Morgan fingerprint density at radius 3 is 2.48 bits per heavy atom. The first-order chi connectivity index (χ1) is 13.8. The number of benzene rings is 1. The van der Waals surface area contributed by atoms with Gasteiger partial charge in [0.1, 0.15) is 5.75 Å².